The van der Waals surface area contributed by atoms with E-state index in [1.54, 1.807) is 0 Å². The molecular weight excluding hydrogens is 762 g/mol. The fraction of sp³-hybridized carbons (Fsp3) is 0.796. The fourth-order valence-electron chi connectivity index (χ4n) is 6.57. The molecule has 3 N–H and O–H groups in total. The van der Waals surface area contributed by atoms with Crippen molar-refractivity contribution in [2.75, 3.05) is 26.4 Å². The first-order chi connectivity index (χ1) is 28.8. The molecule has 0 rings (SSSR count). The molecule has 0 aromatic carbocycles. The Kier molecular flexibility index (Phi) is 43.9. The van der Waals surface area contributed by atoms with E-state index in [1.807, 2.05) is 0 Å². The van der Waals surface area contributed by atoms with Gasteiger partial charge in [-0.25, -0.2) is 4.57 Å². The molecule has 0 aromatic rings. The smallest absolute Gasteiger partial charge is 0.462 e. The van der Waals surface area contributed by atoms with Crippen molar-refractivity contribution < 1.29 is 37.6 Å². The van der Waals surface area contributed by atoms with Crippen LogP contribution in [0.25, 0.3) is 0 Å². The quantitative estimate of drug-likeness (QED) is 0.0266. The molecule has 344 valence electrons. The first-order valence-electron chi connectivity index (χ1n) is 24.1. The van der Waals surface area contributed by atoms with E-state index < -0.39 is 32.5 Å². The maximum atomic E-state index is 12.6. The van der Waals surface area contributed by atoms with Crippen molar-refractivity contribution in [3.05, 3.63) is 48.6 Å². The number of carbonyl (C=O) groups excluding carboxylic acids is 2. The van der Waals surface area contributed by atoms with Crippen molar-refractivity contribution in [3.63, 3.8) is 0 Å². The largest absolute Gasteiger partial charge is 0.472 e. The van der Waals surface area contributed by atoms with Crippen LogP contribution in [0.4, 0.5) is 0 Å². The van der Waals surface area contributed by atoms with Gasteiger partial charge in [0.1, 0.15) is 6.61 Å². The molecule has 0 fully saturated rings. The van der Waals surface area contributed by atoms with Crippen LogP contribution in [0.1, 0.15) is 219 Å². The van der Waals surface area contributed by atoms with Gasteiger partial charge in [0, 0.05) is 19.4 Å². The molecule has 0 aliphatic carbocycles. The Labute approximate surface area is 362 Å². The Balaban J connectivity index is 4.14. The summed E-state index contributed by atoms with van der Waals surface area (Å²) in [5, 5.41) is 0. The summed E-state index contributed by atoms with van der Waals surface area (Å²) in [5.41, 5.74) is 5.35. The molecule has 0 amide bonds. The zero-order valence-electron chi connectivity index (χ0n) is 38.0. The van der Waals surface area contributed by atoms with Gasteiger partial charge in [0.15, 0.2) is 6.10 Å². The standard InChI is InChI=1S/C49H90NO8P/c1-3-5-7-9-11-13-15-17-19-20-21-22-23-24-25-26-28-29-31-33-35-37-39-41-48(51)55-45-47(46-57-59(53,54)56-44-43-50)58-49(52)42-40-38-36-34-32-30-27-18-16-14-12-10-8-6-4-2/h18,26-28,32-35,47H,3-17,19-25,29-31,36-46,50H2,1-2H3,(H,53,54)/b27-18+,28-26+,34-32+,35-33+/t47-/m0/s1. The number of rotatable bonds is 45. The van der Waals surface area contributed by atoms with E-state index >= 15 is 0 Å². The molecule has 0 saturated carbocycles. The topological polar surface area (TPSA) is 134 Å². The van der Waals surface area contributed by atoms with Crippen LogP contribution in [0, 0.1) is 0 Å². The second-order valence-corrected chi connectivity index (χ2v) is 17.4. The van der Waals surface area contributed by atoms with Crippen molar-refractivity contribution >= 4 is 19.8 Å². The number of phosphoric ester groups is 1. The van der Waals surface area contributed by atoms with Crippen LogP contribution < -0.4 is 5.73 Å². The second kappa shape index (κ2) is 45.5. The van der Waals surface area contributed by atoms with E-state index in [0.717, 1.165) is 51.4 Å². The third-order valence-corrected chi connectivity index (χ3v) is 11.1. The number of phosphoric acid groups is 1. The van der Waals surface area contributed by atoms with Gasteiger partial charge in [-0.2, -0.15) is 0 Å². The first kappa shape index (κ1) is 57.0. The van der Waals surface area contributed by atoms with Gasteiger partial charge in [0.2, 0.25) is 0 Å². The van der Waals surface area contributed by atoms with Crippen LogP contribution in [-0.2, 0) is 32.7 Å². The van der Waals surface area contributed by atoms with Gasteiger partial charge in [0.05, 0.1) is 13.2 Å². The number of hydrogen-bond donors (Lipinski definition) is 2. The molecule has 10 heteroatoms. The van der Waals surface area contributed by atoms with Crippen molar-refractivity contribution in [1.82, 2.24) is 0 Å². The lowest BCUT2D eigenvalue weighted by molar-refractivity contribution is -0.161. The zero-order valence-corrected chi connectivity index (χ0v) is 38.9. The van der Waals surface area contributed by atoms with Gasteiger partial charge in [0.25, 0.3) is 0 Å². The highest BCUT2D eigenvalue weighted by molar-refractivity contribution is 7.47. The van der Waals surface area contributed by atoms with Crippen molar-refractivity contribution in [2.45, 2.75) is 225 Å². The predicted molar refractivity (Wildman–Crippen MR) is 247 cm³/mol. The predicted octanol–water partition coefficient (Wildman–Crippen LogP) is 14.3. The van der Waals surface area contributed by atoms with Crippen LogP contribution in [0.5, 0.6) is 0 Å². The molecule has 9 nitrogen and oxygen atoms in total. The Morgan fingerprint density at radius 2 is 0.915 bits per heavy atom. The molecule has 0 aliphatic heterocycles. The summed E-state index contributed by atoms with van der Waals surface area (Å²) in [7, 11) is -4.40. The number of ether oxygens (including phenoxy) is 2. The van der Waals surface area contributed by atoms with E-state index in [2.05, 4.69) is 62.5 Å². The van der Waals surface area contributed by atoms with Crippen molar-refractivity contribution in [2.24, 2.45) is 5.73 Å². The molecule has 59 heavy (non-hydrogen) atoms. The van der Waals surface area contributed by atoms with Crippen LogP contribution in [0.2, 0.25) is 0 Å². The summed E-state index contributed by atoms with van der Waals surface area (Å²) in [6.45, 7) is 3.66. The maximum absolute atomic E-state index is 12.6. The highest BCUT2D eigenvalue weighted by atomic mass is 31.2. The average molecular weight is 852 g/mol. The highest BCUT2D eigenvalue weighted by Gasteiger charge is 2.26. The maximum Gasteiger partial charge on any atom is 0.472 e. The van der Waals surface area contributed by atoms with Gasteiger partial charge >= 0.3 is 19.8 Å². The summed E-state index contributed by atoms with van der Waals surface area (Å²) < 4.78 is 32.7. The van der Waals surface area contributed by atoms with Crippen LogP contribution in [-0.4, -0.2) is 49.3 Å². The van der Waals surface area contributed by atoms with Crippen LogP contribution >= 0.6 is 7.82 Å². The van der Waals surface area contributed by atoms with E-state index in [-0.39, 0.29) is 32.6 Å². The normalized spacial score (nSPS) is 13.6. The molecule has 0 radical (unpaired) electrons. The summed E-state index contributed by atoms with van der Waals surface area (Å²) >= 11 is 0. The number of unbranched alkanes of at least 4 members (excludes halogenated alkanes) is 24. The first-order valence-corrected chi connectivity index (χ1v) is 25.6. The molecule has 0 saturated heterocycles. The molecular formula is C49H90NO8P. The summed E-state index contributed by atoms with van der Waals surface area (Å²) in [6.07, 6.45) is 53.1. The lowest BCUT2D eigenvalue weighted by Crippen LogP contribution is -2.29. The zero-order chi connectivity index (χ0) is 43.2. The van der Waals surface area contributed by atoms with Gasteiger partial charge in [-0.15, -0.1) is 0 Å². The van der Waals surface area contributed by atoms with Gasteiger partial charge in [-0.05, 0) is 77.0 Å². The minimum absolute atomic E-state index is 0.0426. The molecule has 2 atom stereocenters. The Hall–Kier alpha value is -2.03. The van der Waals surface area contributed by atoms with Crippen molar-refractivity contribution in [1.29, 1.82) is 0 Å². The Morgan fingerprint density at radius 3 is 1.41 bits per heavy atom. The monoisotopic (exact) mass is 852 g/mol. The Morgan fingerprint density at radius 1 is 0.508 bits per heavy atom. The molecule has 0 bridgehead atoms. The lowest BCUT2D eigenvalue weighted by Gasteiger charge is -2.19. The summed E-state index contributed by atoms with van der Waals surface area (Å²) in [6, 6.07) is 0. The SMILES string of the molecule is CCCCCCCC/C=C/C/C=C/CCCCC(=O)O[C@@H](COC(=O)CCC/C=C/CC/C=C/CCCCCCCCCCCCCCCC)COP(=O)(O)OCCN. The number of esters is 2. The van der Waals surface area contributed by atoms with E-state index in [4.69, 9.17) is 24.3 Å². The highest BCUT2D eigenvalue weighted by Crippen LogP contribution is 2.43. The number of hydrogen-bond acceptors (Lipinski definition) is 8. The summed E-state index contributed by atoms with van der Waals surface area (Å²) in [4.78, 5) is 34.9. The van der Waals surface area contributed by atoms with E-state index in [0.29, 0.717) is 12.8 Å². The number of nitrogens with two attached hydrogens (primary N) is 1. The summed E-state index contributed by atoms with van der Waals surface area (Å²) in [5.74, 6) is -0.914. The molecule has 0 aliphatic rings. The Bertz CT molecular complexity index is 1110. The third kappa shape index (κ3) is 45.3. The average Bonchev–Trinajstić information content (AvgIpc) is 3.22. The van der Waals surface area contributed by atoms with Gasteiger partial charge in [-0.3, -0.25) is 18.6 Å². The number of allylic oxidation sites excluding steroid dienone is 8. The van der Waals surface area contributed by atoms with E-state index in [9.17, 15) is 19.0 Å². The third-order valence-electron chi connectivity index (χ3n) is 10.2. The van der Waals surface area contributed by atoms with Crippen LogP contribution in [0.3, 0.4) is 0 Å². The molecule has 0 aromatic heterocycles. The minimum Gasteiger partial charge on any atom is -0.462 e. The van der Waals surface area contributed by atoms with E-state index in [1.165, 1.54) is 128 Å². The minimum atomic E-state index is -4.40. The van der Waals surface area contributed by atoms with Crippen LogP contribution in [0.15, 0.2) is 48.6 Å². The van der Waals surface area contributed by atoms with Crippen molar-refractivity contribution in [3.8, 4) is 0 Å². The lowest BCUT2D eigenvalue weighted by atomic mass is 10.0. The second-order valence-electron chi connectivity index (χ2n) is 16.0. The molecule has 1 unspecified atom stereocenters. The molecule has 0 heterocycles. The number of carbonyl (C=O) groups is 2. The van der Waals surface area contributed by atoms with Gasteiger partial charge in [-0.1, -0.05) is 178 Å². The fourth-order valence-corrected chi connectivity index (χ4v) is 7.33. The van der Waals surface area contributed by atoms with Gasteiger partial charge < -0.3 is 20.1 Å². The molecule has 0 spiro atoms.